The molecule has 2 rings (SSSR count). The van der Waals surface area contributed by atoms with Crippen molar-refractivity contribution < 1.29 is 9.47 Å². The fourth-order valence-corrected chi connectivity index (χ4v) is 1.85. The van der Waals surface area contributed by atoms with E-state index in [0.29, 0.717) is 6.61 Å². The van der Waals surface area contributed by atoms with E-state index in [4.69, 9.17) is 9.47 Å². The lowest BCUT2D eigenvalue weighted by Gasteiger charge is -2.37. The molecule has 0 radical (unpaired) electrons. The molecule has 0 amide bonds. The lowest BCUT2D eigenvalue weighted by atomic mass is 9.90. The Morgan fingerprint density at radius 3 is 2.80 bits per heavy atom. The van der Waals surface area contributed by atoms with Gasteiger partial charge in [-0.15, -0.1) is 0 Å². The summed E-state index contributed by atoms with van der Waals surface area (Å²) in [7, 11) is 0. The highest BCUT2D eigenvalue weighted by Crippen LogP contribution is 2.28. The van der Waals surface area contributed by atoms with E-state index in [1.807, 2.05) is 19.1 Å². The van der Waals surface area contributed by atoms with E-state index in [1.165, 1.54) is 0 Å². The van der Waals surface area contributed by atoms with Crippen LogP contribution in [0.25, 0.3) is 0 Å². The summed E-state index contributed by atoms with van der Waals surface area (Å²) in [4.78, 5) is 4.28. The summed E-state index contributed by atoms with van der Waals surface area (Å²) in [5, 5.41) is 0. The first kappa shape index (κ1) is 10.9. The van der Waals surface area contributed by atoms with Crippen molar-refractivity contribution in [3.8, 4) is 5.75 Å². The number of aromatic nitrogens is 1. The van der Waals surface area contributed by atoms with Crippen LogP contribution in [0.4, 0.5) is 0 Å². The summed E-state index contributed by atoms with van der Waals surface area (Å²) < 4.78 is 11.7. The Morgan fingerprint density at radius 1 is 1.53 bits per heavy atom. The topological polar surface area (TPSA) is 31.4 Å². The van der Waals surface area contributed by atoms with Gasteiger partial charge in [0.15, 0.2) is 0 Å². The van der Waals surface area contributed by atoms with Crippen molar-refractivity contribution in [2.24, 2.45) is 5.41 Å². The minimum absolute atomic E-state index is 0.180. The molecule has 3 nitrogen and oxygen atoms in total. The molecule has 1 fully saturated rings. The quantitative estimate of drug-likeness (QED) is 0.792. The van der Waals surface area contributed by atoms with Gasteiger partial charge < -0.3 is 9.47 Å². The Balaban J connectivity index is 1.98. The summed E-state index contributed by atoms with van der Waals surface area (Å²) in [5.74, 6) is 0.853. The van der Waals surface area contributed by atoms with Gasteiger partial charge in [-0.2, -0.15) is 0 Å². The van der Waals surface area contributed by atoms with Crippen LogP contribution in [-0.2, 0) is 4.74 Å². The maximum Gasteiger partial charge on any atom is 0.140 e. The monoisotopic (exact) mass is 271 g/mol. The molecule has 2 heterocycles. The lowest BCUT2D eigenvalue weighted by Crippen LogP contribution is -2.44. The third-order valence-electron chi connectivity index (χ3n) is 2.48. The fraction of sp³-hybridized carbons (Fsp3) is 0.545. The molecule has 0 N–H and O–H groups in total. The number of ether oxygens (including phenoxy) is 2. The van der Waals surface area contributed by atoms with Gasteiger partial charge in [0.1, 0.15) is 10.4 Å². The van der Waals surface area contributed by atoms with Gasteiger partial charge in [0, 0.05) is 5.41 Å². The Bertz CT molecular complexity index is 364. The van der Waals surface area contributed by atoms with Gasteiger partial charge in [-0.1, -0.05) is 6.92 Å². The highest BCUT2D eigenvalue weighted by Gasteiger charge is 2.34. The molecule has 1 saturated heterocycles. The first-order valence-corrected chi connectivity index (χ1v) is 5.72. The van der Waals surface area contributed by atoms with Crippen molar-refractivity contribution >= 4 is 15.9 Å². The normalized spacial score (nSPS) is 18.3. The zero-order chi connectivity index (χ0) is 10.9. The average molecular weight is 272 g/mol. The van der Waals surface area contributed by atoms with Crippen LogP contribution in [0, 0.1) is 12.3 Å². The highest BCUT2D eigenvalue weighted by atomic mass is 79.9. The molecule has 4 heteroatoms. The maximum absolute atomic E-state index is 5.74. The van der Waals surface area contributed by atoms with Crippen LogP contribution in [0.5, 0.6) is 5.75 Å². The zero-order valence-corrected chi connectivity index (χ0v) is 10.5. The molecular formula is C11H14BrNO2. The lowest BCUT2D eigenvalue weighted by molar-refractivity contribution is -0.120. The minimum atomic E-state index is 0.180. The molecule has 0 atom stereocenters. The largest absolute Gasteiger partial charge is 0.491 e. The number of rotatable bonds is 3. The molecule has 0 aromatic carbocycles. The van der Waals surface area contributed by atoms with E-state index in [-0.39, 0.29) is 5.41 Å². The van der Waals surface area contributed by atoms with Crippen LogP contribution in [0.1, 0.15) is 12.6 Å². The zero-order valence-electron chi connectivity index (χ0n) is 8.92. The molecule has 0 bridgehead atoms. The number of aryl methyl sites for hydroxylation is 1. The molecule has 1 aromatic heterocycles. The second-order valence-corrected chi connectivity index (χ2v) is 5.12. The van der Waals surface area contributed by atoms with Crippen molar-refractivity contribution in [1.29, 1.82) is 0 Å². The van der Waals surface area contributed by atoms with Crippen LogP contribution >= 0.6 is 15.9 Å². The molecule has 82 valence electrons. The Kier molecular flexibility index (Phi) is 2.98. The van der Waals surface area contributed by atoms with Crippen molar-refractivity contribution in [2.75, 3.05) is 19.8 Å². The first-order chi connectivity index (χ1) is 7.09. The van der Waals surface area contributed by atoms with E-state index in [0.717, 1.165) is 29.3 Å². The van der Waals surface area contributed by atoms with E-state index >= 15 is 0 Å². The second-order valence-electron chi connectivity index (χ2n) is 4.31. The van der Waals surface area contributed by atoms with Gasteiger partial charge in [0.2, 0.25) is 0 Å². The number of hydrogen-bond acceptors (Lipinski definition) is 3. The van der Waals surface area contributed by atoms with Gasteiger partial charge >= 0.3 is 0 Å². The Morgan fingerprint density at radius 2 is 2.27 bits per heavy atom. The van der Waals surface area contributed by atoms with Gasteiger partial charge in [-0.25, -0.2) is 4.98 Å². The van der Waals surface area contributed by atoms with Crippen LogP contribution in [-0.4, -0.2) is 24.8 Å². The third-order valence-corrected chi connectivity index (χ3v) is 2.92. The summed E-state index contributed by atoms with van der Waals surface area (Å²) in [6.07, 6.45) is 0. The standard InChI is InChI=1S/C11H14BrNO2/c1-8-9(3-4-10(12)13-8)15-7-11(2)5-14-6-11/h3-4H,5-7H2,1-2H3. The average Bonchev–Trinajstić information content (AvgIpc) is 2.14. The van der Waals surface area contributed by atoms with Crippen LogP contribution in [0.15, 0.2) is 16.7 Å². The number of halogens is 1. The van der Waals surface area contributed by atoms with Crippen LogP contribution < -0.4 is 4.74 Å². The van der Waals surface area contributed by atoms with Gasteiger partial charge in [-0.05, 0) is 35.0 Å². The molecule has 0 spiro atoms. The maximum atomic E-state index is 5.74. The summed E-state index contributed by atoms with van der Waals surface area (Å²) in [6, 6.07) is 3.83. The molecule has 0 unspecified atom stereocenters. The summed E-state index contributed by atoms with van der Waals surface area (Å²) >= 11 is 3.33. The molecular weight excluding hydrogens is 258 g/mol. The predicted octanol–water partition coefficient (Wildman–Crippen LogP) is 2.57. The molecule has 1 aromatic rings. The minimum Gasteiger partial charge on any atom is -0.491 e. The van der Waals surface area contributed by atoms with Gasteiger partial charge in [0.25, 0.3) is 0 Å². The van der Waals surface area contributed by atoms with E-state index in [1.54, 1.807) is 0 Å². The smallest absolute Gasteiger partial charge is 0.140 e. The van der Waals surface area contributed by atoms with Gasteiger partial charge in [0.05, 0.1) is 25.5 Å². The van der Waals surface area contributed by atoms with Crippen LogP contribution in [0.3, 0.4) is 0 Å². The van der Waals surface area contributed by atoms with E-state index in [9.17, 15) is 0 Å². The molecule has 0 aliphatic carbocycles. The fourth-order valence-electron chi connectivity index (χ4n) is 1.46. The third kappa shape index (κ3) is 2.49. The van der Waals surface area contributed by atoms with Crippen molar-refractivity contribution in [1.82, 2.24) is 4.98 Å². The van der Waals surface area contributed by atoms with Crippen molar-refractivity contribution in [2.45, 2.75) is 13.8 Å². The van der Waals surface area contributed by atoms with E-state index < -0.39 is 0 Å². The summed E-state index contributed by atoms with van der Waals surface area (Å²) in [5.41, 5.74) is 1.09. The Labute approximate surface area is 97.9 Å². The van der Waals surface area contributed by atoms with Crippen LogP contribution in [0.2, 0.25) is 0 Å². The number of nitrogens with zero attached hydrogens (tertiary/aromatic N) is 1. The van der Waals surface area contributed by atoms with Crippen molar-refractivity contribution in [3.63, 3.8) is 0 Å². The second kappa shape index (κ2) is 4.10. The molecule has 15 heavy (non-hydrogen) atoms. The highest BCUT2D eigenvalue weighted by molar-refractivity contribution is 9.10. The van der Waals surface area contributed by atoms with Crippen molar-refractivity contribution in [3.05, 3.63) is 22.4 Å². The van der Waals surface area contributed by atoms with Gasteiger partial charge in [-0.3, -0.25) is 0 Å². The Hall–Kier alpha value is -0.610. The molecule has 0 saturated carbocycles. The predicted molar refractivity (Wildman–Crippen MR) is 61.1 cm³/mol. The number of pyridine rings is 1. The molecule has 1 aliphatic rings. The molecule has 1 aliphatic heterocycles. The van der Waals surface area contributed by atoms with E-state index in [2.05, 4.69) is 27.8 Å². The first-order valence-electron chi connectivity index (χ1n) is 4.93. The summed E-state index contributed by atoms with van der Waals surface area (Å²) in [6.45, 7) is 6.38. The SMILES string of the molecule is Cc1nc(Br)ccc1OCC1(C)COC1. The number of hydrogen-bond donors (Lipinski definition) is 0.